The van der Waals surface area contributed by atoms with Crippen LogP contribution in [0.4, 0.5) is 9.18 Å². The Morgan fingerprint density at radius 1 is 1.04 bits per heavy atom. The van der Waals surface area contributed by atoms with Crippen molar-refractivity contribution in [3.63, 3.8) is 0 Å². The molecule has 0 bridgehead atoms. The molecule has 4 rings (SSSR count). The SMILES string of the molecule is O=C(c1ccccc1F)N1CCC(N2C(=O)C3CCCN3C2=O)CC1. The molecular weight excluding hydrogens is 325 g/mol. The van der Waals surface area contributed by atoms with Gasteiger partial charge in [-0.25, -0.2) is 9.18 Å². The van der Waals surface area contributed by atoms with E-state index in [0.717, 1.165) is 12.8 Å². The number of piperidine rings is 1. The van der Waals surface area contributed by atoms with Crippen LogP contribution in [0.1, 0.15) is 36.0 Å². The molecule has 3 fully saturated rings. The summed E-state index contributed by atoms with van der Waals surface area (Å²) in [5.41, 5.74) is 0.0647. The van der Waals surface area contributed by atoms with Gasteiger partial charge >= 0.3 is 6.03 Å². The number of carbonyl (C=O) groups is 3. The Morgan fingerprint density at radius 3 is 2.44 bits per heavy atom. The van der Waals surface area contributed by atoms with Crippen molar-refractivity contribution in [3.8, 4) is 0 Å². The van der Waals surface area contributed by atoms with Gasteiger partial charge in [0.05, 0.1) is 5.56 Å². The number of halogens is 1. The van der Waals surface area contributed by atoms with Gasteiger partial charge in [-0.3, -0.25) is 14.5 Å². The van der Waals surface area contributed by atoms with E-state index in [4.69, 9.17) is 0 Å². The Labute approximate surface area is 145 Å². The van der Waals surface area contributed by atoms with E-state index in [1.54, 1.807) is 21.9 Å². The molecule has 6 nitrogen and oxygen atoms in total. The quantitative estimate of drug-likeness (QED) is 0.769. The highest BCUT2D eigenvalue weighted by atomic mass is 19.1. The van der Waals surface area contributed by atoms with Gasteiger partial charge in [-0.05, 0) is 37.8 Å². The molecule has 3 aliphatic heterocycles. The number of urea groups is 1. The molecule has 7 heteroatoms. The van der Waals surface area contributed by atoms with Crippen LogP contribution in [0.2, 0.25) is 0 Å². The first-order chi connectivity index (χ1) is 12.1. The molecule has 132 valence electrons. The summed E-state index contributed by atoms with van der Waals surface area (Å²) < 4.78 is 13.8. The Balaban J connectivity index is 1.42. The standard InChI is InChI=1S/C18H20FN3O3/c19-14-5-2-1-4-13(14)16(23)20-10-7-12(8-11-20)22-17(24)15-6-3-9-21(15)18(22)25/h1-2,4-5,12,15H,3,6-11H2. The van der Waals surface area contributed by atoms with Crippen molar-refractivity contribution in [1.82, 2.24) is 14.7 Å². The minimum Gasteiger partial charge on any atom is -0.338 e. The maximum atomic E-state index is 13.8. The van der Waals surface area contributed by atoms with Crippen LogP contribution in [-0.4, -0.2) is 64.3 Å². The summed E-state index contributed by atoms with van der Waals surface area (Å²) in [7, 11) is 0. The molecule has 4 amide bonds. The maximum Gasteiger partial charge on any atom is 0.327 e. The lowest BCUT2D eigenvalue weighted by atomic mass is 10.0. The predicted octanol–water partition coefficient (Wildman–Crippen LogP) is 1.86. The van der Waals surface area contributed by atoms with E-state index in [2.05, 4.69) is 0 Å². The highest BCUT2D eigenvalue weighted by Gasteiger charge is 2.50. The molecular formula is C18H20FN3O3. The monoisotopic (exact) mass is 345 g/mol. The summed E-state index contributed by atoms with van der Waals surface area (Å²) in [6.07, 6.45) is 2.70. The summed E-state index contributed by atoms with van der Waals surface area (Å²) in [5.74, 6) is -0.960. The van der Waals surface area contributed by atoms with Crippen molar-refractivity contribution in [2.75, 3.05) is 19.6 Å². The van der Waals surface area contributed by atoms with E-state index in [-0.39, 0.29) is 35.5 Å². The first-order valence-electron chi connectivity index (χ1n) is 8.75. The maximum absolute atomic E-state index is 13.8. The first kappa shape index (κ1) is 16.1. The summed E-state index contributed by atoms with van der Waals surface area (Å²) in [4.78, 5) is 42.1. The second-order valence-electron chi connectivity index (χ2n) is 6.85. The van der Waals surface area contributed by atoms with Crippen molar-refractivity contribution < 1.29 is 18.8 Å². The third-order valence-corrected chi connectivity index (χ3v) is 5.45. The second-order valence-corrected chi connectivity index (χ2v) is 6.85. The van der Waals surface area contributed by atoms with Crippen LogP contribution in [0.3, 0.4) is 0 Å². The van der Waals surface area contributed by atoms with E-state index >= 15 is 0 Å². The van der Waals surface area contributed by atoms with Gasteiger partial charge in [-0.1, -0.05) is 12.1 Å². The molecule has 0 aromatic heterocycles. The molecule has 25 heavy (non-hydrogen) atoms. The number of likely N-dealkylation sites (tertiary alicyclic amines) is 1. The minimum absolute atomic E-state index is 0.0647. The van der Waals surface area contributed by atoms with Crippen LogP contribution in [0.15, 0.2) is 24.3 Å². The van der Waals surface area contributed by atoms with Crippen molar-refractivity contribution in [2.45, 2.75) is 37.8 Å². The average Bonchev–Trinajstić information content (AvgIpc) is 3.19. The fourth-order valence-electron chi connectivity index (χ4n) is 4.11. The fourth-order valence-corrected chi connectivity index (χ4v) is 4.11. The number of imide groups is 1. The Morgan fingerprint density at radius 2 is 1.76 bits per heavy atom. The highest BCUT2D eigenvalue weighted by molar-refractivity contribution is 6.05. The molecule has 3 saturated heterocycles. The minimum atomic E-state index is -0.528. The summed E-state index contributed by atoms with van der Waals surface area (Å²) in [6.45, 7) is 1.48. The fraction of sp³-hybridized carbons (Fsp3) is 0.500. The molecule has 1 aromatic rings. The van der Waals surface area contributed by atoms with Gasteiger partial charge in [0, 0.05) is 25.7 Å². The lowest BCUT2D eigenvalue weighted by molar-refractivity contribution is -0.130. The lowest BCUT2D eigenvalue weighted by Crippen LogP contribution is -2.49. The van der Waals surface area contributed by atoms with Crippen LogP contribution < -0.4 is 0 Å². The highest BCUT2D eigenvalue weighted by Crippen LogP contribution is 2.31. The van der Waals surface area contributed by atoms with Crippen molar-refractivity contribution in [2.24, 2.45) is 0 Å². The topological polar surface area (TPSA) is 60.9 Å². The van der Waals surface area contributed by atoms with Gasteiger partial charge in [0.25, 0.3) is 11.8 Å². The van der Waals surface area contributed by atoms with Crippen molar-refractivity contribution in [3.05, 3.63) is 35.6 Å². The predicted molar refractivity (Wildman–Crippen MR) is 87.3 cm³/mol. The average molecular weight is 345 g/mol. The van der Waals surface area contributed by atoms with E-state index in [1.807, 2.05) is 0 Å². The van der Waals surface area contributed by atoms with E-state index in [0.29, 0.717) is 32.5 Å². The summed E-state index contributed by atoms with van der Waals surface area (Å²) in [6, 6.07) is 5.29. The molecule has 0 radical (unpaired) electrons. The Kier molecular flexibility index (Phi) is 3.94. The second kappa shape index (κ2) is 6.13. The van der Waals surface area contributed by atoms with Crippen molar-refractivity contribution in [1.29, 1.82) is 0 Å². The third-order valence-electron chi connectivity index (χ3n) is 5.45. The normalized spacial score (nSPS) is 24.2. The number of amides is 4. The van der Waals surface area contributed by atoms with E-state index < -0.39 is 5.82 Å². The number of rotatable bonds is 2. The van der Waals surface area contributed by atoms with Gasteiger partial charge in [0.2, 0.25) is 0 Å². The molecule has 1 aromatic carbocycles. The summed E-state index contributed by atoms with van der Waals surface area (Å²) in [5, 5.41) is 0. The zero-order valence-electron chi connectivity index (χ0n) is 13.9. The molecule has 0 N–H and O–H groups in total. The number of hydrogen-bond donors (Lipinski definition) is 0. The summed E-state index contributed by atoms with van der Waals surface area (Å²) >= 11 is 0. The number of fused-ring (bicyclic) bond motifs is 1. The van der Waals surface area contributed by atoms with Gasteiger partial charge in [-0.15, -0.1) is 0 Å². The molecule has 1 atom stereocenters. The largest absolute Gasteiger partial charge is 0.338 e. The van der Waals surface area contributed by atoms with Gasteiger partial charge < -0.3 is 9.80 Å². The van der Waals surface area contributed by atoms with Crippen LogP contribution in [-0.2, 0) is 4.79 Å². The Bertz CT molecular complexity index is 708. The molecule has 1 unspecified atom stereocenters. The van der Waals surface area contributed by atoms with Crippen LogP contribution in [0.5, 0.6) is 0 Å². The zero-order chi connectivity index (χ0) is 17.6. The molecule has 3 aliphatic rings. The number of benzene rings is 1. The molecule has 0 aliphatic carbocycles. The van der Waals surface area contributed by atoms with Crippen LogP contribution in [0, 0.1) is 5.82 Å². The van der Waals surface area contributed by atoms with Gasteiger partial charge in [-0.2, -0.15) is 0 Å². The molecule has 0 saturated carbocycles. The van der Waals surface area contributed by atoms with Crippen LogP contribution >= 0.6 is 0 Å². The lowest BCUT2D eigenvalue weighted by Gasteiger charge is -2.35. The molecule has 0 spiro atoms. The number of hydrogen-bond acceptors (Lipinski definition) is 3. The number of carbonyl (C=O) groups excluding carboxylic acids is 3. The van der Waals surface area contributed by atoms with E-state index in [9.17, 15) is 18.8 Å². The van der Waals surface area contributed by atoms with Gasteiger partial charge in [0.1, 0.15) is 11.9 Å². The first-order valence-corrected chi connectivity index (χ1v) is 8.75. The van der Waals surface area contributed by atoms with E-state index in [1.165, 1.54) is 17.0 Å². The van der Waals surface area contributed by atoms with Crippen molar-refractivity contribution >= 4 is 17.8 Å². The third kappa shape index (κ3) is 2.58. The Hall–Kier alpha value is -2.44. The van der Waals surface area contributed by atoms with Crippen LogP contribution in [0.25, 0.3) is 0 Å². The smallest absolute Gasteiger partial charge is 0.327 e. The zero-order valence-corrected chi connectivity index (χ0v) is 13.9. The van der Waals surface area contributed by atoms with Gasteiger partial charge in [0.15, 0.2) is 0 Å². The number of nitrogens with zero attached hydrogens (tertiary/aromatic N) is 3. The molecule has 3 heterocycles.